The number of ketones is 1. The van der Waals surface area contributed by atoms with Crippen molar-refractivity contribution in [2.45, 2.75) is 13.8 Å². The molecule has 0 saturated carbocycles. The molecule has 3 rings (SSSR count). The first-order valence-corrected chi connectivity index (χ1v) is 7.32. The van der Waals surface area contributed by atoms with Gasteiger partial charge < -0.3 is 0 Å². The number of aromatic nitrogens is 2. The molecule has 23 heavy (non-hydrogen) atoms. The Balaban J connectivity index is 2.15. The molecular weight excluding hydrogens is 290 g/mol. The van der Waals surface area contributed by atoms with Crippen molar-refractivity contribution in [3.8, 4) is 5.69 Å². The fraction of sp³-hybridized carbons (Fsp3) is 0.167. The third-order valence-electron chi connectivity index (χ3n) is 3.92. The van der Waals surface area contributed by atoms with Gasteiger partial charge in [0.25, 0.3) is 5.56 Å². The number of allylic oxidation sites excluding steroid dienone is 4. The van der Waals surface area contributed by atoms with Crippen LogP contribution >= 0.6 is 0 Å². The van der Waals surface area contributed by atoms with Crippen LogP contribution in [-0.4, -0.2) is 20.9 Å². The summed E-state index contributed by atoms with van der Waals surface area (Å²) in [5, 5.41) is 0. The van der Waals surface area contributed by atoms with Crippen LogP contribution in [0.2, 0.25) is 0 Å². The van der Waals surface area contributed by atoms with E-state index in [1.165, 1.54) is 6.08 Å². The Labute approximate surface area is 133 Å². The quantitative estimate of drug-likeness (QED) is 0.801. The summed E-state index contributed by atoms with van der Waals surface area (Å²) in [7, 11) is 1.83. The van der Waals surface area contributed by atoms with E-state index in [4.69, 9.17) is 0 Å². The van der Waals surface area contributed by atoms with Crippen LogP contribution < -0.4 is 5.56 Å². The summed E-state index contributed by atoms with van der Waals surface area (Å²) in [5.41, 5.74) is 2.98. The Kier molecular flexibility index (Phi) is 3.70. The third kappa shape index (κ3) is 2.61. The number of para-hydroxylation sites is 1. The van der Waals surface area contributed by atoms with Gasteiger partial charge in [-0.2, -0.15) is 0 Å². The summed E-state index contributed by atoms with van der Waals surface area (Å²) in [4.78, 5) is 28.7. The van der Waals surface area contributed by atoms with Crippen LogP contribution in [0.15, 0.2) is 63.9 Å². The molecule has 0 amide bonds. The molecule has 2 aromatic rings. The van der Waals surface area contributed by atoms with E-state index in [2.05, 4.69) is 4.99 Å². The fourth-order valence-corrected chi connectivity index (χ4v) is 2.52. The number of rotatable bonds is 2. The highest BCUT2D eigenvalue weighted by molar-refractivity contribution is 6.19. The molecule has 5 heteroatoms. The lowest BCUT2D eigenvalue weighted by molar-refractivity contribution is -0.111. The number of nitrogens with zero attached hydrogens (tertiary/aromatic N) is 3. The Morgan fingerprint density at radius 2 is 1.70 bits per heavy atom. The molecule has 0 N–H and O–H groups in total. The zero-order valence-corrected chi connectivity index (χ0v) is 13.3. The van der Waals surface area contributed by atoms with Crippen LogP contribution in [0.25, 0.3) is 5.69 Å². The minimum absolute atomic E-state index is 0.0320. The second kappa shape index (κ2) is 5.68. The van der Waals surface area contributed by atoms with E-state index in [0.717, 1.165) is 11.4 Å². The largest absolute Gasteiger partial charge is 0.297 e. The first-order valence-electron chi connectivity index (χ1n) is 7.32. The minimum atomic E-state index is -0.181. The molecular formula is C18H17N3O2. The lowest BCUT2D eigenvalue weighted by Crippen LogP contribution is -2.19. The molecule has 0 bridgehead atoms. The number of hydrogen-bond acceptors (Lipinski definition) is 3. The number of benzene rings is 1. The van der Waals surface area contributed by atoms with Crippen molar-refractivity contribution in [3.63, 3.8) is 0 Å². The highest BCUT2D eigenvalue weighted by atomic mass is 16.1. The van der Waals surface area contributed by atoms with Crippen molar-refractivity contribution in [3.05, 3.63) is 70.2 Å². The number of carbonyl (C=O) groups is 1. The van der Waals surface area contributed by atoms with Gasteiger partial charge in [0.05, 0.1) is 17.1 Å². The van der Waals surface area contributed by atoms with E-state index in [0.29, 0.717) is 17.0 Å². The zero-order valence-electron chi connectivity index (χ0n) is 13.3. The summed E-state index contributed by atoms with van der Waals surface area (Å²) in [6.07, 6.45) is 4.80. The molecule has 116 valence electrons. The normalized spacial score (nSPS) is 16.0. The second-order valence-corrected chi connectivity index (χ2v) is 5.47. The molecule has 0 aliphatic heterocycles. The van der Waals surface area contributed by atoms with E-state index >= 15 is 0 Å². The van der Waals surface area contributed by atoms with E-state index in [-0.39, 0.29) is 11.3 Å². The minimum Gasteiger partial charge on any atom is -0.290 e. The summed E-state index contributed by atoms with van der Waals surface area (Å²) in [5.74, 6) is -0.0320. The summed E-state index contributed by atoms with van der Waals surface area (Å²) >= 11 is 0. The van der Waals surface area contributed by atoms with Crippen molar-refractivity contribution in [2.24, 2.45) is 12.0 Å². The molecule has 0 saturated heterocycles. The van der Waals surface area contributed by atoms with Crippen molar-refractivity contribution < 1.29 is 4.79 Å². The molecule has 1 aromatic heterocycles. The van der Waals surface area contributed by atoms with E-state index in [1.807, 2.05) is 44.3 Å². The average molecular weight is 307 g/mol. The molecule has 1 aromatic carbocycles. The molecule has 0 unspecified atom stereocenters. The van der Waals surface area contributed by atoms with Gasteiger partial charge in [-0.3, -0.25) is 14.3 Å². The van der Waals surface area contributed by atoms with Gasteiger partial charge in [0, 0.05) is 7.05 Å². The average Bonchev–Trinajstić information content (AvgIpc) is 2.75. The van der Waals surface area contributed by atoms with Gasteiger partial charge in [-0.25, -0.2) is 9.67 Å². The van der Waals surface area contributed by atoms with Crippen LogP contribution in [0.1, 0.15) is 12.6 Å². The monoisotopic (exact) mass is 307 g/mol. The van der Waals surface area contributed by atoms with Gasteiger partial charge in [-0.1, -0.05) is 18.2 Å². The standard InChI is InChI=1S/C18H17N3O2/c1-12-11-14(9-10-16(12)22)19-17-13(2)20(3)21(18(17)23)15-7-5-4-6-8-15/h4-11H,1-3H3/b19-14+. The number of aliphatic imine (C=N–C) groups is 1. The van der Waals surface area contributed by atoms with Crippen molar-refractivity contribution in [1.82, 2.24) is 9.36 Å². The maximum Gasteiger partial charge on any atom is 0.297 e. The third-order valence-corrected chi connectivity index (χ3v) is 3.92. The summed E-state index contributed by atoms with van der Waals surface area (Å²) in [6.45, 7) is 3.59. The van der Waals surface area contributed by atoms with Crippen LogP contribution in [0.3, 0.4) is 0 Å². The maximum atomic E-state index is 12.8. The molecule has 0 spiro atoms. The van der Waals surface area contributed by atoms with Gasteiger partial charge in [0.15, 0.2) is 11.5 Å². The van der Waals surface area contributed by atoms with Crippen molar-refractivity contribution in [1.29, 1.82) is 0 Å². The lowest BCUT2D eigenvalue weighted by atomic mass is 10.1. The van der Waals surface area contributed by atoms with Crippen molar-refractivity contribution >= 4 is 17.2 Å². The van der Waals surface area contributed by atoms with Gasteiger partial charge in [0.1, 0.15) is 0 Å². The van der Waals surface area contributed by atoms with E-state index < -0.39 is 0 Å². The molecule has 0 fully saturated rings. The fourth-order valence-electron chi connectivity index (χ4n) is 2.52. The molecule has 1 aliphatic carbocycles. The van der Waals surface area contributed by atoms with Crippen LogP contribution in [0.4, 0.5) is 5.69 Å². The SMILES string of the molecule is CC1=C/C(=N/c2c(C)n(C)n(-c3ccccc3)c2=O)C=CC1=O. The Hall–Kier alpha value is -2.95. The molecule has 0 radical (unpaired) electrons. The molecule has 1 aliphatic rings. The van der Waals surface area contributed by atoms with Gasteiger partial charge in [-0.05, 0) is 49.8 Å². The predicted octanol–water partition coefficient (Wildman–Crippen LogP) is 2.64. The van der Waals surface area contributed by atoms with Gasteiger partial charge in [0.2, 0.25) is 0 Å². The van der Waals surface area contributed by atoms with Crippen LogP contribution in [-0.2, 0) is 11.8 Å². The van der Waals surface area contributed by atoms with Crippen molar-refractivity contribution in [2.75, 3.05) is 0 Å². The van der Waals surface area contributed by atoms with E-state index in [1.54, 1.807) is 28.4 Å². The highest BCUT2D eigenvalue weighted by Gasteiger charge is 2.16. The lowest BCUT2D eigenvalue weighted by Gasteiger charge is -2.07. The van der Waals surface area contributed by atoms with Gasteiger partial charge >= 0.3 is 0 Å². The number of hydrogen-bond donors (Lipinski definition) is 0. The molecule has 5 nitrogen and oxygen atoms in total. The number of carbonyl (C=O) groups excluding carboxylic acids is 1. The Morgan fingerprint density at radius 3 is 2.35 bits per heavy atom. The Morgan fingerprint density at radius 1 is 1.00 bits per heavy atom. The van der Waals surface area contributed by atoms with Gasteiger partial charge in [-0.15, -0.1) is 0 Å². The second-order valence-electron chi connectivity index (χ2n) is 5.47. The smallest absolute Gasteiger partial charge is 0.290 e. The topological polar surface area (TPSA) is 56.4 Å². The van der Waals surface area contributed by atoms with Crippen LogP contribution in [0.5, 0.6) is 0 Å². The predicted molar refractivity (Wildman–Crippen MR) is 90.7 cm³/mol. The molecule has 0 atom stereocenters. The molecule has 1 heterocycles. The Bertz CT molecular complexity index is 925. The van der Waals surface area contributed by atoms with E-state index in [9.17, 15) is 9.59 Å². The summed E-state index contributed by atoms with van der Waals surface area (Å²) in [6, 6.07) is 9.43. The van der Waals surface area contributed by atoms with Crippen LogP contribution in [0, 0.1) is 6.92 Å². The summed E-state index contributed by atoms with van der Waals surface area (Å²) < 4.78 is 3.37. The first kappa shape index (κ1) is 15.0. The zero-order chi connectivity index (χ0) is 16.6. The highest BCUT2D eigenvalue weighted by Crippen LogP contribution is 2.18. The maximum absolute atomic E-state index is 12.8. The first-order chi connectivity index (χ1) is 11.0.